The first-order chi connectivity index (χ1) is 15.0. The Balaban J connectivity index is 1.37. The second-order valence-corrected chi connectivity index (χ2v) is 7.87. The lowest BCUT2D eigenvalue weighted by atomic mass is 9.98. The van der Waals surface area contributed by atoms with Gasteiger partial charge in [-0.3, -0.25) is 10.2 Å². The van der Waals surface area contributed by atoms with Gasteiger partial charge in [-0.2, -0.15) is 9.57 Å². The van der Waals surface area contributed by atoms with Crippen molar-refractivity contribution in [1.82, 2.24) is 5.01 Å². The summed E-state index contributed by atoms with van der Waals surface area (Å²) >= 11 is 0.954. The predicted octanol–water partition coefficient (Wildman–Crippen LogP) is 5.49. The van der Waals surface area contributed by atoms with E-state index in [2.05, 4.69) is 16.9 Å². The second kappa shape index (κ2) is 9.28. The quantitative estimate of drug-likeness (QED) is 0.376. The number of hydrazone groups is 1. The average molecular weight is 439 g/mol. The normalized spacial score (nSPS) is 15.5. The lowest BCUT2D eigenvalue weighted by Gasteiger charge is -2.19. The van der Waals surface area contributed by atoms with Gasteiger partial charge in [0, 0.05) is 25.2 Å². The van der Waals surface area contributed by atoms with Crippen LogP contribution in [0, 0.1) is 5.82 Å². The monoisotopic (exact) mass is 438 g/mol. The Kier molecular flexibility index (Phi) is 6.29. The van der Waals surface area contributed by atoms with E-state index in [0.717, 1.165) is 45.7 Å². The molecule has 160 valence electrons. The highest BCUT2D eigenvalue weighted by atomic mass is 32.2. The van der Waals surface area contributed by atoms with Crippen molar-refractivity contribution in [2.75, 3.05) is 23.3 Å². The highest BCUT2D eigenvalue weighted by Gasteiger charge is 2.26. The van der Waals surface area contributed by atoms with Crippen molar-refractivity contribution in [1.29, 1.82) is 0 Å². The van der Waals surface area contributed by atoms with E-state index in [1.807, 2.05) is 48.5 Å². The number of nitrogens with zero attached hydrogens (tertiary/aromatic N) is 3. The molecule has 1 unspecified atom stereocenters. The van der Waals surface area contributed by atoms with E-state index in [4.69, 9.17) is 9.84 Å². The van der Waals surface area contributed by atoms with E-state index in [9.17, 15) is 9.60 Å². The molecular formula is C23H23FN4O2S. The Labute approximate surface area is 185 Å². The standard InChI is InChI=1S/C23H23FN4O2S/c1-27-23(17-8-12-21(30-2)13-9-17)15-22(25-27)16-6-10-19(11-7-16)26-31-28(29)20-5-3-4-18(24)14-20/h3-14,23,26,29H,15H2,1-2H3. The molecule has 0 spiro atoms. The van der Waals surface area contributed by atoms with Crippen LogP contribution in [-0.4, -0.2) is 30.1 Å². The zero-order chi connectivity index (χ0) is 21.8. The summed E-state index contributed by atoms with van der Waals surface area (Å²) in [5.41, 5.74) is 4.41. The number of ether oxygens (including phenoxy) is 1. The Bertz CT molecular complexity index is 1060. The summed E-state index contributed by atoms with van der Waals surface area (Å²) in [6.45, 7) is 0. The molecule has 0 bridgehead atoms. The fourth-order valence-electron chi connectivity index (χ4n) is 3.43. The predicted molar refractivity (Wildman–Crippen MR) is 123 cm³/mol. The molecule has 1 atom stereocenters. The van der Waals surface area contributed by atoms with E-state index in [-0.39, 0.29) is 6.04 Å². The molecule has 31 heavy (non-hydrogen) atoms. The van der Waals surface area contributed by atoms with Gasteiger partial charge < -0.3 is 9.46 Å². The van der Waals surface area contributed by atoms with Crippen molar-refractivity contribution in [3.05, 3.63) is 89.7 Å². The van der Waals surface area contributed by atoms with Gasteiger partial charge in [-0.25, -0.2) is 4.39 Å². The number of benzene rings is 3. The summed E-state index contributed by atoms with van der Waals surface area (Å²) in [5, 5.41) is 16.8. The Morgan fingerprint density at radius 2 is 1.87 bits per heavy atom. The topological polar surface area (TPSA) is 60.3 Å². The summed E-state index contributed by atoms with van der Waals surface area (Å²) in [5.74, 6) is 0.432. The molecule has 0 aliphatic carbocycles. The van der Waals surface area contributed by atoms with Gasteiger partial charge in [-0.15, -0.1) is 0 Å². The van der Waals surface area contributed by atoms with Gasteiger partial charge in [-0.1, -0.05) is 30.3 Å². The molecule has 0 saturated carbocycles. The first-order valence-corrected chi connectivity index (χ1v) is 10.5. The summed E-state index contributed by atoms with van der Waals surface area (Å²) in [6.07, 6.45) is 0.814. The van der Waals surface area contributed by atoms with Crippen LogP contribution in [0.4, 0.5) is 15.8 Å². The van der Waals surface area contributed by atoms with Crippen LogP contribution in [0.5, 0.6) is 5.75 Å². The lowest BCUT2D eigenvalue weighted by molar-refractivity contribution is 0.289. The maximum Gasteiger partial charge on any atom is 0.125 e. The average Bonchev–Trinajstić information content (AvgIpc) is 3.19. The van der Waals surface area contributed by atoms with Crippen LogP contribution in [-0.2, 0) is 0 Å². The Hall–Kier alpha value is -3.23. The van der Waals surface area contributed by atoms with Gasteiger partial charge >= 0.3 is 0 Å². The van der Waals surface area contributed by atoms with Crippen molar-refractivity contribution in [3.63, 3.8) is 0 Å². The minimum absolute atomic E-state index is 0.184. The van der Waals surface area contributed by atoms with Gasteiger partial charge in [0.1, 0.15) is 11.6 Å². The minimum atomic E-state index is -0.406. The second-order valence-electron chi connectivity index (χ2n) is 7.14. The lowest BCUT2D eigenvalue weighted by Crippen LogP contribution is -2.13. The maximum absolute atomic E-state index is 13.3. The highest BCUT2D eigenvalue weighted by molar-refractivity contribution is 8.01. The summed E-state index contributed by atoms with van der Waals surface area (Å²) in [7, 11) is 3.64. The van der Waals surface area contributed by atoms with Gasteiger partial charge in [0.25, 0.3) is 0 Å². The number of halogens is 1. The van der Waals surface area contributed by atoms with Crippen molar-refractivity contribution in [2.45, 2.75) is 12.5 Å². The maximum atomic E-state index is 13.3. The first-order valence-electron chi connectivity index (χ1n) is 9.76. The minimum Gasteiger partial charge on any atom is -0.497 e. The van der Waals surface area contributed by atoms with Gasteiger partial charge in [0.05, 0.1) is 36.7 Å². The number of hydrogen-bond donors (Lipinski definition) is 2. The van der Waals surface area contributed by atoms with Gasteiger partial charge in [0.2, 0.25) is 0 Å². The van der Waals surface area contributed by atoms with Crippen LogP contribution in [0.25, 0.3) is 0 Å². The van der Waals surface area contributed by atoms with E-state index in [0.29, 0.717) is 5.69 Å². The van der Waals surface area contributed by atoms with Gasteiger partial charge in [-0.05, 0) is 47.5 Å². The van der Waals surface area contributed by atoms with E-state index in [1.165, 1.54) is 17.7 Å². The van der Waals surface area contributed by atoms with Crippen molar-refractivity contribution < 1.29 is 14.3 Å². The highest BCUT2D eigenvalue weighted by Crippen LogP contribution is 2.32. The van der Waals surface area contributed by atoms with Crippen LogP contribution in [0.15, 0.2) is 77.9 Å². The summed E-state index contributed by atoms with van der Waals surface area (Å²) in [6, 6.07) is 21.8. The third-order valence-corrected chi connectivity index (χ3v) is 5.82. The zero-order valence-corrected chi connectivity index (χ0v) is 18.0. The molecule has 8 heteroatoms. The molecule has 1 aliphatic rings. The van der Waals surface area contributed by atoms with Gasteiger partial charge in [0.15, 0.2) is 0 Å². The number of anilines is 2. The number of nitrogens with one attached hydrogen (secondary N) is 1. The molecule has 3 aromatic rings. The molecule has 4 rings (SSSR count). The smallest absolute Gasteiger partial charge is 0.125 e. The summed E-state index contributed by atoms with van der Waals surface area (Å²) in [4.78, 5) is 0. The molecule has 0 fully saturated rings. The van der Waals surface area contributed by atoms with E-state index >= 15 is 0 Å². The van der Waals surface area contributed by atoms with Crippen molar-refractivity contribution >= 4 is 29.2 Å². The third-order valence-electron chi connectivity index (χ3n) is 5.11. The fraction of sp³-hybridized carbons (Fsp3) is 0.174. The van der Waals surface area contributed by atoms with Crippen molar-refractivity contribution in [3.8, 4) is 5.75 Å². The molecule has 1 aliphatic heterocycles. The molecule has 0 amide bonds. The van der Waals surface area contributed by atoms with Crippen LogP contribution in [0.1, 0.15) is 23.6 Å². The van der Waals surface area contributed by atoms with E-state index < -0.39 is 5.82 Å². The van der Waals surface area contributed by atoms with Crippen LogP contribution >= 0.6 is 12.1 Å². The van der Waals surface area contributed by atoms with Crippen molar-refractivity contribution in [2.24, 2.45) is 5.10 Å². The molecule has 6 nitrogen and oxygen atoms in total. The summed E-state index contributed by atoms with van der Waals surface area (Å²) < 4.78 is 22.5. The number of rotatable bonds is 7. The molecule has 2 N–H and O–H groups in total. The van der Waals surface area contributed by atoms with Crippen LogP contribution < -0.4 is 13.9 Å². The van der Waals surface area contributed by atoms with Crippen LogP contribution in [0.3, 0.4) is 0 Å². The molecule has 0 saturated heterocycles. The SMILES string of the molecule is COc1ccc(C2CC(c3ccc(NSN(O)c4cccc(F)c4)cc3)=NN2C)cc1. The van der Waals surface area contributed by atoms with Crippen LogP contribution in [0.2, 0.25) is 0 Å². The molecule has 0 radical (unpaired) electrons. The first kappa shape index (κ1) is 21.0. The number of methoxy groups -OCH3 is 1. The van der Waals surface area contributed by atoms with E-state index in [1.54, 1.807) is 19.2 Å². The molecule has 1 heterocycles. The Morgan fingerprint density at radius 3 is 2.55 bits per heavy atom. The molecule has 0 aromatic heterocycles. The zero-order valence-electron chi connectivity index (χ0n) is 17.2. The number of hydrogen-bond acceptors (Lipinski definition) is 7. The molecule has 3 aromatic carbocycles. The molecular weight excluding hydrogens is 415 g/mol. The fourth-order valence-corrected chi connectivity index (χ4v) is 3.97. The largest absolute Gasteiger partial charge is 0.497 e. The third kappa shape index (κ3) is 4.92. The Morgan fingerprint density at radius 1 is 1.13 bits per heavy atom.